The zero-order valence-corrected chi connectivity index (χ0v) is 14.7. The van der Waals surface area contributed by atoms with Crippen molar-refractivity contribution in [2.24, 2.45) is 0 Å². The van der Waals surface area contributed by atoms with Crippen LogP contribution >= 0.6 is 15.9 Å². The van der Waals surface area contributed by atoms with Crippen molar-refractivity contribution in [2.75, 3.05) is 19.6 Å². The van der Waals surface area contributed by atoms with E-state index in [2.05, 4.69) is 26.1 Å². The predicted molar refractivity (Wildman–Crippen MR) is 90.0 cm³/mol. The summed E-state index contributed by atoms with van der Waals surface area (Å²) in [4.78, 5) is 14.9. The monoisotopic (exact) mass is 368 g/mol. The number of furan rings is 1. The number of carbonyl (C=O) groups excluding carboxylic acids is 1. The van der Waals surface area contributed by atoms with E-state index < -0.39 is 0 Å². The van der Waals surface area contributed by atoms with E-state index in [1.165, 1.54) is 64.5 Å². The highest BCUT2D eigenvalue weighted by Crippen LogP contribution is 2.35. The average Bonchev–Trinajstić information content (AvgIpc) is 3.01. The number of carbonyl (C=O) groups is 1. The van der Waals surface area contributed by atoms with E-state index in [1.807, 2.05) is 0 Å². The molecule has 22 heavy (non-hydrogen) atoms. The van der Waals surface area contributed by atoms with Gasteiger partial charge in [-0.25, -0.2) is 0 Å². The number of halogens is 1. The number of hydrogen-bond acceptors (Lipinski definition) is 3. The minimum absolute atomic E-state index is 0.104. The number of likely N-dealkylation sites (tertiary alicyclic amines) is 1. The summed E-state index contributed by atoms with van der Waals surface area (Å²) >= 11 is 3.25. The second kappa shape index (κ2) is 7.18. The Morgan fingerprint density at radius 1 is 1.14 bits per heavy atom. The van der Waals surface area contributed by atoms with Crippen molar-refractivity contribution in [2.45, 2.75) is 56.9 Å². The molecule has 2 fully saturated rings. The fraction of sp³-hybridized carbons (Fsp3) is 0.706. The number of rotatable bonds is 4. The van der Waals surface area contributed by atoms with Gasteiger partial charge in [0.05, 0.1) is 0 Å². The molecule has 0 spiro atoms. The molecule has 0 bridgehead atoms. The molecule has 1 aromatic rings. The minimum atomic E-state index is -0.104. The normalized spacial score (nSPS) is 22.4. The van der Waals surface area contributed by atoms with Gasteiger partial charge in [0.2, 0.25) is 0 Å². The molecule has 1 amide bonds. The van der Waals surface area contributed by atoms with Gasteiger partial charge in [-0.3, -0.25) is 9.69 Å². The lowest BCUT2D eigenvalue weighted by molar-refractivity contribution is 0.0323. The molecule has 2 aliphatic rings. The molecule has 1 N–H and O–H groups in total. The second-order valence-electron chi connectivity index (χ2n) is 6.62. The Hall–Kier alpha value is -0.810. The van der Waals surface area contributed by atoms with E-state index in [9.17, 15) is 4.79 Å². The van der Waals surface area contributed by atoms with Crippen molar-refractivity contribution in [3.63, 3.8) is 0 Å². The number of amides is 1. The van der Waals surface area contributed by atoms with Gasteiger partial charge in [0.1, 0.15) is 0 Å². The summed E-state index contributed by atoms with van der Waals surface area (Å²) in [5.41, 5.74) is 0.165. The van der Waals surface area contributed by atoms with E-state index in [0.717, 1.165) is 6.54 Å². The van der Waals surface area contributed by atoms with Gasteiger partial charge in [-0.2, -0.15) is 0 Å². The Bertz CT molecular complexity index is 503. The van der Waals surface area contributed by atoms with Gasteiger partial charge >= 0.3 is 0 Å². The highest BCUT2D eigenvalue weighted by atomic mass is 79.9. The smallest absolute Gasteiger partial charge is 0.287 e. The first kappa shape index (κ1) is 16.1. The Balaban J connectivity index is 1.66. The molecule has 0 atom stereocenters. The largest absolute Gasteiger partial charge is 0.444 e. The quantitative estimate of drug-likeness (QED) is 0.874. The van der Waals surface area contributed by atoms with Gasteiger partial charge in [0.25, 0.3) is 5.91 Å². The third-order valence-electron chi connectivity index (χ3n) is 5.19. The van der Waals surface area contributed by atoms with E-state index >= 15 is 0 Å². The first-order chi connectivity index (χ1) is 10.7. The first-order valence-corrected chi connectivity index (χ1v) is 9.28. The SMILES string of the molecule is O=C(NCC1(N2CCCCC2)CCCCC1)c1ccc(Br)o1. The molecule has 0 aromatic carbocycles. The standard InChI is InChI=1S/C17H25BrN2O2/c18-15-8-7-14(22-15)16(21)19-13-17(9-3-1-4-10-17)20-11-5-2-6-12-20/h7-8H,1-6,9-13H2,(H,19,21). The topological polar surface area (TPSA) is 45.5 Å². The summed E-state index contributed by atoms with van der Waals surface area (Å²) in [5.74, 6) is 0.282. The van der Waals surface area contributed by atoms with E-state index in [4.69, 9.17) is 4.42 Å². The molecule has 1 saturated carbocycles. The molecule has 1 aromatic heterocycles. The number of nitrogens with zero attached hydrogens (tertiary/aromatic N) is 1. The second-order valence-corrected chi connectivity index (χ2v) is 7.40. The summed E-state index contributed by atoms with van der Waals surface area (Å²) in [6.45, 7) is 3.11. The number of nitrogens with one attached hydrogen (secondary N) is 1. The fourth-order valence-electron chi connectivity index (χ4n) is 3.95. The molecule has 1 aliphatic heterocycles. The lowest BCUT2D eigenvalue weighted by Gasteiger charge is -2.48. The zero-order valence-electron chi connectivity index (χ0n) is 13.1. The van der Waals surface area contributed by atoms with E-state index in [-0.39, 0.29) is 11.4 Å². The van der Waals surface area contributed by atoms with Crippen LogP contribution in [-0.4, -0.2) is 36.0 Å². The highest BCUT2D eigenvalue weighted by molar-refractivity contribution is 9.10. The van der Waals surface area contributed by atoms with Crippen LogP contribution in [0.1, 0.15) is 61.9 Å². The van der Waals surface area contributed by atoms with E-state index in [1.54, 1.807) is 12.1 Å². The maximum Gasteiger partial charge on any atom is 0.287 e. The highest BCUT2D eigenvalue weighted by Gasteiger charge is 2.38. The Labute approximate surface area is 140 Å². The summed E-state index contributed by atoms with van der Waals surface area (Å²) < 4.78 is 5.95. The molecule has 0 radical (unpaired) electrons. The van der Waals surface area contributed by atoms with Crippen molar-refractivity contribution < 1.29 is 9.21 Å². The van der Waals surface area contributed by atoms with Gasteiger partial charge < -0.3 is 9.73 Å². The van der Waals surface area contributed by atoms with Gasteiger partial charge in [0.15, 0.2) is 10.4 Å². The molecule has 2 heterocycles. The Morgan fingerprint density at radius 3 is 2.45 bits per heavy atom. The van der Waals surface area contributed by atoms with Crippen molar-refractivity contribution >= 4 is 21.8 Å². The molecular formula is C17H25BrN2O2. The van der Waals surface area contributed by atoms with Gasteiger partial charge in [-0.1, -0.05) is 25.7 Å². The minimum Gasteiger partial charge on any atom is -0.444 e. The van der Waals surface area contributed by atoms with Crippen LogP contribution in [0.4, 0.5) is 0 Å². The van der Waals surface area contributed by atoms with Gasteiger partial charge in [0, 0.05) is 12.1 Å². The molecule has 5 heteroatoms. The lowest BCUT2D eigenvalue weighted by Crippen LogP contribution is -2.58. The summed E-state index contributed by atoms with van der Waals surface area (Å²) in [6.07, 6.45) is 10.2. The number of piperidine rings is 1. The van der Waals surface area contributed by atoms with Crippen LogP contribution < -0.4 is 5.32 Å². The third kappa shape index (κ3) is 3.57. The van der Waals surface area contributed by atoms with Crippen LogP contribution in [0.5, 0.6) is 0 Å². The molecule has 3 rings (SSSR count). The van der Waals surface area contributed by atoms with Crippen molar-refractivity contribution in [3.05, 3.63) is 22.6 Å². The van der Waals surface area contributed by atoms with Crippen LogP contribution in [0.15, 0.2) is 21.2 Å². The first-order valence-electron chi connectivity index (χ1n) is 8.48. The van der Waals surface area contributed by atoms with E-state index in [0.29, 0.717) is 10.4 Å². The van der Waals surface area contributed by atoms with Crippen molar-refractivity contribution in [1.29, 1.82) is 0 Å². The van der Waals surface area contributed by atoms with Crippen molar-refractivity contribution in [3.8, 4) is 0 Å². The summed E-state index contributed by atoms with van der Waals surface area (Å²) in [7, 11) is 0. The lowest BCUT2D eigenvalue weighted by atomic mass is 9.79. The van der Waals surface area contributed by atoms with Crippen LogP contribution in [0.3, 0.4) is 0 Å². The summed E-state index contributed by atoms with van der Waals surface area (Å²) in [6, 6.07) is 3.48. The van der Waals surface area contributed by atoms with Crippen LogP contribution in [0.25, 0.3) is 0 Å². The molecule has 0 unspecified atom stereocenters. The Morgan fingerprint density at radius 2 is 1.82 bits per heavy atom. The van der Waals surface area contributed by atoms with Gasteiger partial charge in [-0.15, -0.1) is 0 Å². The maximum atomic E-state index is 12.3. The third-order valence-corrected chi connectivity index (χ3v) is 5.61. The average molecular weight is 369 g/mol. The summed E-state index contributed by atoms with van der Waals surface area (Å²) in [5, 5.41) is 3.12. The molecule has 1 aliphatic carbocycles. The number of hydrogen-bond donors (Lipinski definition) is 1. The predicted octanol–water partition coefficient (Wildman–Crippen LogP) is 3.96. The van der Waals surface area contributed by atoms with Crippen LogP contribution in [-0.2, 0) is 0 Å². The molecule has 1 saturated heterocycles. The maximum absolute atomic E-state index is 12.3. The Kier molecular flexibility index (Phi) is 5.24. The van der Waals surface area contributed by atoms with Crippen molar-refractivity contribution in [1.82, 2.24) is 10.2 Å². The zero-order chi connectivity index (χ0) is 15.4. The van der Waals surface area contributed by atoms with Crippen LogP contribution in [0.2, 0.25) is 0 Å². The van der Waals surface area contributed by atoms with Crippen LogP contribution in [0, 0.1) is 0 Å². The van der Waals surface area contributed by atoms with Gasteiger partial charge in [-0.05, 0) is 66.8 Å². The molecule has 4 nitrogen and oxygen atoms in total. The fourth-order valence-corrected chi connectivity index (χ4v) is 4.26. The molecule has 122 valence electrons. The molecular weight excluding hydrogens is 344 g/mol.